The summed E-state index contributed by atoms with van der Waals surface area (Å²) in [5, 5.41) is 0.267. The first-order valence-electron chi connectivity index (χ1n) is 10.3. The van der Waals surface area contributed by atoms with E-state index in [9.17, 15) is 14.0 Å². The highest BCUT2D eigenvalue weighted by atomic mass is 35.5. The van der Waals surface area contributed by atoms with E-state index in [0.29, 0.717) is 19.0 Å². The van der Waals surface area contributed by atoms with Gasteiger partial charge in [0.1, 0.15) is 5.82 Å². The van der Waals surface area contributed by atoms with E-state index in [1.165, 1.54) is 28.8 Å². The van der Waals surface area contributed by atoms with Gasteiger partial charge in [-0.25, -0.2) is 9.18 Å². The quantitative estimate of drug-likeness (QED) is 0.478. The molecule has 2 aromatic carbocycles. The van der Waals surface area contributed by atoms with E-state index in [4.69, 9.17) is 16.6 Å². The molecule has 0 saturated carbocycles. The van der Waals surface area contributed by atoms with Crippen molar-refractivity contribution < 1.29 is 4.39 Å². The Morgan fingerprint density at radius 1 is 1.03 bits per heavy atom. The molecular weight excluding hydrogens is 433 g/mol. The van der Waals surface area contributed by atoms with Gasteiger partial charge in [-0.1, -0.05) is 41.9 Å². The molecule has 3 heterocycles. The van der Waals surface area contributed by atoms with Crippen molar-refractivity contribution in [2.45, 2.75) is 19.5 Å². The number of fused-ring (bicyclic) bond motifs is 2. The van der Waals surface area contributed by atoms with E-state index in [0.717, 1.165) is 11.0 Å². The van der Waals surface area contributed by atoms with Gasteiger partial charge in [-0.05, 0) is 29.7 Å². The smallest absolute Gasteiger partial charge is 0.332 e. The monoisotopic (exact) mass is 453 g/mol. The number of hydrogen-bond acceptors (Lipinski definition) is 4. The van der Waals surface area contributed by atoms with Gasteiger partial charge in [0.25, 0.3) is 5.56 Å². The van der Waals surface area contributed by atoms with Crippen LogP contribution in [0.2, 0.25) is 5.02 Å². The van der Waals surface area contributed by atoms with Gasteiger partial charge in [0.15, 0.2) is 11.2 Å². The van der Waals surface area contributed by atoms with Crippen molar-refractivity contribution in [1.29, 1.82) is 0 Å². The molecule has 1 aliphatic heterocycles. The molecule has 0 amide bonds. The second-order valence-corrected chi connectivity index (χ2v) is 8.42. The minimum atomic E-state index is -0.480. The average molecular weight is 454 g/mol. The highest BCUT2D eigenvalue weighted by Gasteiger charge is 2.26. The Hall–Kier alpha value is -3.39. The Labute approximate surface area is 187 Å². The Morgan fingerprint density at radius 3 is 2.53 bits per heavy atom. The van der Waals surface area contributed by atoms with Crippen molar-refractivity contribution >= 4 is 28.7 Å². The molecule has 5 rings (SSSR count). The second kappa shape index (κ2) is 7.63. The van der Waals surface area contributed by atoms with Gasteiger partial charge in [0.05, 0.1) is 6.54 Å². The number of anilines is 1. The standard InChI is InChI=1S/C23H21ClFN5O2/c1-27-20-19(21(31)28(2)23(27)32)30(13-16-17(24)8-5-9-18(16)25)22(26-20)29-11-10-14-6-3-4-7-15(14)12-29/h3-9H,10-13H2,1-2H3. The molecule has 0 atom stereocenters. The summed E-state index contributed by atoms with van der Waals surface area (Å²) in [6, 6.07) is 12.7. The molecule has 0 radical (unpaired) electrons. The largest absolute Gasteiger partial charge is 0.337 e. The van der Waals surface area contributed by atoms with Crippen molar-refractivity contribution in [1.82, 2.24) is 18.7 Å². The number of aromatic nitrogens is 4. The maximum atomic E-state index is 14.7. The summed E-state index contributed by atoms with van der Waals surface area (Å²) in [5.41, 5.74) is 2.26. The third-order valence-electron chi connectivity index (χ3n) is 6.12. The van der Waals surface area contributed by atoms with E-state index in [2.05, 4.69) is 17.0 Å². The topological polar surface area (TPSA) is 65.1 Å². The molecule has 164 valence electrons. The number of aryl methyl sites for hydroxylation is 1. The molecular formula is C23H21ClFN5O2. The van der Waals surface area contributed by atoms with Crippen LogP contribution in [-0.2, 0) is 33.6 Å². The number of nitrogens with zero attached hydrogens (tertiary/aromatic N) is 5. The van der Waals surface area contributed by atoms with Crippen LogP contribution in [0.1, 0.15) is 16.7 Å². The summed E-state index contributed by atoms with van der Waals surface area (Å²) in [4.78, 5) is 32.4. The molecule has 0 aliphatic carbocycles. The highest BCUT2D eigenvalue weighted by molar-refractivity contribution is 6.31. The minimum Gasteiger partial charge on any atom is -0.337 e. The summed E-state index contributed by atoms with van der Waals surface area (Å²) >= 11 is 6.30. The Bertz CT molecular complexity index is 1470. The number of benzene rings is 2. The first-order chi connectivity index (χ1) is 15.4. The third-order valence-corrected chi connectivity index (χ3v) is 6.47. The van der Waals surface area contributed by atoms with Crippen LogP contribution in [0.15, 0.2) is 52.1 Å². The lowest BCUT2D eigenvalue weighted by Crippen LogP contribution is -2.37. The molecule has 0 bridgehead atoms. The predicted octanol–water partition coefficient (Wildman–Crippen LogP) is 2.84. The zero-order valence-electron chi connectivity index (χ0n) is 17.7. The van der Waals surface area contributed by atoms with Crippen LogP contribution < -0.4 is 16.1 Å². The van der Waals surface area contributed by atoms with Crippen LogP contribution in [0.3, 0.4) is 0 Å². The van der Waals surface area contributed by atoms with Crippen molar-refractivity contribution in [3.05, 3.63) is 90.8 Å². The van der Waals surface area contributed by atoms with Crippen LogP contribution in [0.4, 0.5) is 10.3 Å². The lowest BCUT2D eigenvalue weighted by atomic mass is 10.0. The van der Waals surface area contributed by atoms with Gasteiger partial charge < -0.3 is 4.90 Å². The fraction of sp³-hybridized carbons (Fsp3) is 0.261. The maximum Gasteiger partial charge on any atom is 0.332 e. The molecule has 7 nitrogen and oxygen atoms in total. The molecule has 2 aromatic heterocycles. The highest BCUT2D eigenvalue weighted by Crippen LogP contribution is 2.29. The summed E-state index contributed by atoms with van der Waals surface area (Å²) < 4.78 is 18.7. The van der Waals surface area contributed by atoms with Gasteiger partial charge in [0, 0.05) is 37.8 Å². The summed E-state index contributed by atoms with van der Waals surface area (Å²) in [6.07, 6.45) is 0.816. The van der Waals surface area contributed by atoms with Gasteiger partial charge in [-0.15, -0.1) is 0 Å². The first-order valence-corrected chi connectivity index (χ1v) is 10.7. The molecule has 32 heavy (non-hydrogen) atoms. The molecule has 0 saturated heterocycles. The van der Waals surface area contributed by atoms with Crippen molar-refractivity contribution in [2.24, 2.45) is 14.1 Å². The molecule has 0 unspecified atom stereocenters. The van der Waals surface area contributed by atoms with Gasteiger partial charge in [0.2, 0.25) is 5.95 Å². The molecule has 9 heteroatoms. The fourth-order valence-corrected chi connectivity index (χ4v) is 4.56. The Kier molecular flexibility index (Phi) is 4.89. The lowest BCUT2D eigenvalue weighted by molar-refractivity contribution is 0.597. The first kappa shape index (κ1) is 20.5. The lowest BCUT2D eigenvalue weighted by Gasteiger charge is -2.30. The van der Waals surface area contributed by atoms with Crippen LogP contribution >= 0.6 is 11.6 Å². The Morgan fingerprint density at radius 2 is 1.78 bits per heavy atom. The normalized spacial score (nSPS) is 13.6. The van der Waals surface area contributed by atoms with Gasteiger partial charge in [-0.3, -0.25) is 18.5 Å². The van der Waals surface area contributed by atoms with Gasteiger partial charge >= 0.3 is 5.69 Å². The summed E-state index contributed by atoms with van der Waals surface area (Å²) in [5.74, 6) is 0.0445. The van der Waals surface area contributed by atoms with E-state index in [-0.39, 0.29) is 28.3 Å². The number of hydrogen-bond donors (Lipinski definition) is 0. The fourth-order valence-electron chi connectivity index (χ4n) is 4.33. The molecule has 1 aliphatic rings. The van der Waals surface area contributed by atoms with E-state index in [1.807, 2.05) is 12.1 Å². The number of rotatable bonds is 3. The third kappa shape index (κ3) is 3.14. The molecule has 0 spiro atoms. The van der Waals surface area contributed by atoms with Crippen LogP contribution in [0, 0.1) is 5.82 Å². The maximum absolute atomic E-state index is 14.7. The molecule has 0 fully saturated rings. The minimum absolute atomic E-state index is 0.0168. The molecule has 4 aromatic rings. The van der Waals surface area contributed by atoms with E-state index >= 15 is 0 Å². The Balaban J connectivity index is 1.75. The van der Waals surface area contributed by atoms with Crippen LogP contribution in [-0.4, -0.2) is 25.2 Å². The van der Waals surface area contributed by atoms with Crippen molar-refractivity contribution in [3.8, 4) is 0 Å². The molecule has 0 N–H and O–H groups in total. The summed E-state index contributed by atoms with van der Waals surface area (Å²) in [6.45, 7) is 1.29. The van der Waals surface area contributed by atoms with E-state index < -0.39 is 17.1 Å². The predicted molar refractivity (Wildman–Crippen MR) is 122 cm³/mol. The second-order valence-electron chi connectivity index (χ2n) is 8.02. The van der Waals surface area contributed by atoms with Gasteiger partial charge in [-0.2, -0.15) is 4.98 Å². The zero-order chi connectivity index (χ0) is 22.6. The van der Waals surface area contributed by atoms with Crippen LogP contribution in [0.5, 0.6) is 0 Å². The van der Waals surface area contributed by atoms with Crippen LogP contribution in [0.25, 0.3) is 11.2 Å². The average Bonchev–Trinajstić information content (AvgIpc) is 3.18. The summed E-state index contributed by atoms with van der Waals surface area (Å²) in [7, 11) is 3.00. The van der Waals surface area contributed by atoms with E-state index in [1.54, 1.807) is 23.7 Å². The van der Waals surface area contributed by atoms with Crippen molar-refractivity contribution in [2.75, 3.05) is 11.4 Å². The SMILES string of the molecule is Cn1c(=O)c2c(nc(N3CCc4ccccc4C3)n2Cc2c(F)cccc2Cl)n(C)c1=O. The number of halogens is 2. The van der Waals surface area contributed by atoms with Crippen molar-refractivity contribution in [3.63, 3.8) is 0 Å². The number of imidazole rings is 1. The zero-order valence-corrected chi connectivity index (χ0v) is 18.4.